The fourth-order valence-electron chi connectivity index (χ4n) is 1.67. The van der Waals surface area contributed by atoms with Crippen molar-refractivity contribution in [2.24, 2.45) is 0 Å². The van der Waals surface area contributed by atoms with Gasteiger partial charge in [0.05, 0.1) is 19.0 Å². The van der Waals surface area contributed by atoms with Gasteiger partial charge in [0.15, 0.2) is 0 Å². The zero-order chi connectivity index (χ0) is 13.0. The summed E-state index contributed by atoms with van der Waals surface area (Å²) in [4.78, 5) is 4.10. The van der Waals surface area contributed by atoms with Crippen LogP contribution >= 0.6 is 0 Å². The number of aryl methyl sites for hydroxylation is 1. The SMILES string of the molecule is COc1ccc(NCc2cccc(C)c2O)cn1. The van der Waals surface area contributed by atoms with Crippen molar-refractivity contribution in [2.75, 3.05) is 12.4 Å². The number of ether oxygens (including phenoxy) is 1. The van der Waals surface area contributed by atoms with E-state index in [9.17, 15) is 5.11 Å². The number of aromatic hydroxyl groups is 1. The number of hydrogen-bond donors (Lipinski definition) is 2. The van der Waals surface area contributed by atoms with E-state index in [2.05, 4.69) is 10.3 Å². The van der Waals surface area contributed by atoms with E-state index in [0.717, 1.165) is 16.8 Å². The molecule has 4 nitrogen and oxygen atoms in total. The number of rotatable bonds is 4. The summed E-state index contributed by atoms with van der Waals surface area (Å²) >= 11 is 0. The minimum Gasteiger partial charge on any atom is -0.507 e. The molecule has 0 aliphatic carbocycles. The summed E-state index contributed by atoms with van der Waals surface area (Å²) in [6.07, 6.45) is 1.70. The lowest BCUT2D eigenvalue weighted by Gasteiger charge is -2.09. The van der Waals surface area contributed by atoms with Gasteiger partial charge in [0, 0.05) is 18.2 Å². The molecule has 0 saturated heterocycles. The Morgan fingerprint density at radius 1 is 1.28 bits per heavy atom. The number of aromatic nitrogens is 1. The van der Waals surface area contributed by atoms with Crippen molar-refractivity contribution >= 4 is 5.69 Å². The first-order valence-electron chi connectivity index (χ1n) is 5.72. The molecule has 0 bridgehead atoms. The molecule has 2 N–H and O–H groups in total. The Hall–Kier alpha value is -2.23. The van der Waals surface area contributed by atoms with Crippen molar-refractivity contribution in [1.29, 1.82) is 0 Å². The third-order valence-corrected chi connectivity index (χ3v) is 2.75. The van der Waals surface area contributed by atoms with E-state index >= 15 is 0 Å². The molecule has 0 saturated carbocycles. The fourth-order valence-corrected chi connectivity index (χ4v) is 1.67. The third-order valence-electron chi connectivity index (χ3n) is 2.75. The molecule has 0 aliphatic rings. The van der Waals surface area contributed by atoms with Crippen LogP contribution < -0.4 is 10.1 Å². The maximum absolute atomic E-state index is 9.88. The highest BCUT2D eigenvalue weighted by Crippen LogP contribution is 2.22. The van der Waals surface area contributed by atoms with Gasteiger partial charge in [0.1, 0.15) is 5.75 Å². The van der Waals surface area contributed by atoms with E-state index in [1.54, 1.807) is 19.4 Å². The Balaban J connectivity index is 2.04. The molecule has 0 atom stereocenters. The van der Waals surface area contributed by atoms with Gasteiger partial charge in [-0.05, 0) is 18.6 Å². The number of anilines is 1. The van der Waals surface area contributed by atoms with Gasteiger partial charge in [-0.2, -0.15) is 0 Å². The molecule has 1 heterocycles. The van der Waals surface area contributed by atoms with E-state index in [1.807, 2.05) is 31.2 Å². The van der Waals surface area contributed by atoms with Gasteiger partial charge in [-0.3, -0.25) is 0 Å². The molecular weight excluding hydrogens is 228 g/mol. The Morgan fingerprint density at radius 2 is 2.11 bits per heavy atom. The summed E-state index contributed by atoms with van der Waals surface area (Å²) in [5.41, 5.74) is 2.63. The van der Waals surface area contributed by atoms with Crippen LogP contribution in [0.2, 0.25) is 0 Å². The van der Waals surface area contributed by atoms with Crippen molar-refractivity contribution in [3.63, 3.8) is 0 Å². The number of hydrogen-bond acceptors (Lipinski definition) is 4. The standard InChI is InChI=1S/C14H16N2O2/c1-10-4-3-5-11(14(10)17)8-15-12-6-7-13(18-2)16-9-12/h3-7,9,15,17H,8H2,1-2H3. The van der Waals surface area contributed by atoms with Gasteiger partial charge in [-0.25, -0.2) is 4.98 Å². The molecule has 94 valence electrons. The van der Waals surface area contributed by atoms with E-state index in [1.165, 1.54) is 0 Å². The van der Waals surface area contributed by atoms with Gasteiger partial charge >= 0.3 is 0 Å². The number of pyridine rings is 1. The monoisotopic (exact) mass is 244 g/mol. The molecule has 0 unspecified atom stereocenters. The molecule has 0 spiro atoms. The summed E-state index contributed by atoms with van der Waals surface area (Å²) < 4.78 is 4.99. The van der Waals surface area contributed by atoms with Crippen LogP contribution in [0.15, 0.2) is 36.5 Å². The van der Waals surface area contributed by atoms with Crippen molar-refractivity contribution in [1.82, 2.24) is 4.98 Å². The van der Waals surface area contributed by atoms with Crippen molar-refractivity contribution in [3.8, 4) is 11.6 Å². The summed E-state index contributed by atoms with van der Waals surface area (Å²) in [5, 5.41) is 13.1. The molecule has 0 fully saturated rings. The third kappa shape index (κ3) is 2.71. The van der Waals surface area contributed by atoms with Gasteiger partial charge in [-0.1, -0.05) is 18.2 Å². The van der Waals surface area contributed by atoms with Crippen LogP contribution in [0.4, 0.5) is 5.69 Å². The lowest BCUT2D eigenvalue weighted by atomic mass is 10.1. The Labute approximate surface area is 106 Å². The van der Waals surface area contributed by atoms with Gasteiger partial charge in [0.2, 0.25) is 5.88 Å². The normalized spacial score (nSPS) is 10.1. The molecular formula is C14H16N2O2. The highest BCUT2D eigenvalue weighted by Gasteiger charge is 2.03. The summed E-state index contributed by atoms with van der Waals surface area (Å²) in [6.45, 7) is 2.44. The number of benzene rings is 1. The van der Waals surface area contributed by atoms with Crippen molar-refractivity contribution in [3.05, 3.63) is 47.7 Å². The highest BCUT2D eigenvalue weighted by molar-refractivity contribution is 5.46. The molecule has 1 aromatic heterocycles. The fraction of sp³-hybridized carbons (Fsp3) is 0.214. The molecule has 0 amide bonds. The second-order valence-corrected chi connectivity index (χ2v) is 4.03. The number of nitrogens with one attached hydrogen (secondary N) is 1. The largest absolute Gasteiger partial charge is 0.507 e. The number of nitrogens with zero attached hydrogens (tertiary/aromatic N) is 1. The molecule has 1 aromatic carbocycles. The average Bonchev–Trinajstić information content (AvgIpc) is 2.41. The second kappa shape index (κ2) is 5.40. The first kappa shape index (κ1) is 12.2. The molecule has 2 aromatic rings. The minimum absolute atomic E-state index is 0.339. The quantitative estimate of drug-likeness (QED) is 0.868. The lowest BCUT2D eigenvalue weighted by Crippen LogP contribution is -2.00. The summed E-state index contributed by atoms with van der Waals surface area (Å²) in [6, 6.07) is 9.38. The van der Waals surface area contributed by atoms with Crippen LogP contribution in [-0.4, -0.2) is 17.2 Å². The summed E-state index contributed by atoms with van der Waals surface area (Å²) in [5.74, 6) is 0.922. The molecule has 0 radical (unpaired) electrons. The van der Waals surface area contributed by atoms with Gasteiger partial charge < -0.3 is 15.2 Å². The van der Waals surface area contributed by atoms with Crippen LogP contribution in [-0.2, 0) is 6.54 Å². The van der Waals surface area contributed by atoms with Crippen LogP contribution in [0.1, 0.15) is 11.1 Å². The highest BCUT2D eigenvalue weighted by atomic mass is 16.5. The van der Waals surface area contributed by atoms with E-state index in [0.29, 0.717) is 18.2 Å². The molecule has 18 heavy (non-hydrogen) atoms. The van der Waals surface area contributed by atoms with Gasteiger partial charge in [0.25, 0.3) is 0 Å². The van der Waals surface area contributed by atoms with Crippen LogP contribution in [0.5, 0.6) is 11.6 Å². The average molecular weight is 244 g/mol. The number of methoxy groups -OCH3 is 1. The maximum Gasteiger partial charge on any atom is 0.213 e. The van der Waals surface area contributed by atoms with Crippen molar-refractivity contribution < 1.29 is 9.84 Å². The first-order chi connectivity index (χ1) is 8.70. The minimum atomic E-state index is 0.339. The molecule has 0 aliphatic heterocycles. The topological polar surface area (TPSA) is 54.4 Å². The molecule has 4 heteroatoms. The number of phenolic OH excluding ortho intramolecular Hbond substituents is 1. The van der Waals surface area contributed by atoms with E-state index < -0.39 is 0 Å². The zero-order valence-corrected chi connectivity index (χ0v) is 10.5. The Bertz CT molecular complexity index is 524. The van der Waals surface area contributed by atoms with Crippen LogP contribution in [0, 0.1) is 6.92 Å². The first-order valence-corrected chi connectivity index (χ1v) is 5.72. The smallest absolute Gasteiger partial charge is 0.213 e. The second-order valence-electron chi connectivity index (χ2n) is 4.03. The van der Waals surface area contributed by atoms with Gasteiger partial charge in [-0.15, -0.1) is 0 Å². The zero-order valence-electron chi connectivity index (χ0n) is 10.5. The predicted molar refractivity (Wildman–Crippen MR) is 71.0 cm³/mol. The van der Waals surface area contributed by atoms with E-state index in [4.69, 9.17) is 4.74 Å². The number of para-hydroxylation sites is 1. The van der Waals surface area contributed by atoms with Crippen LogP contribution in [0.3, 0.4) is 0 Å². The maximum atomic E-state index is 9.88. The van der Waals surface area contributed by atoms with Crippen molar-refractivity contribution in [2.45, 2.75) is 13.5 Å². The predicted octanol–water partition coefficient (Wildman–Crippen LogP) is 2.72. The number of phenols is 1. The van der Waals surface area contributed by atoms with Crippen LogP contribution in [0.25, 0.3) is 0 Å². The lowest BCUT2D eigenvalue weighted by molar-refractivity contribution is 0.398. The Kier molecular flexibility index (Phi) is 3.67. The Morgan fingerprint density at radius 3 is 2.78 bits per heavy atom. The summed E-state index contributed by atoms with van der Waals surface area (Å²) in [7, 11) is 1.58. The molecule has 2 rings (SSSR count). The van der Waals surface area contributed by atoms with E-state index in [-0.39, 0.29) is 0 Å².